The standard InChI is InChI=1S/C34H37Cl2N7O4/c1-45-33-28(15-37-13-20-11-12-47-19-20)39-17-26(42-33)24-7-3-5-22(31(24)35)23-6-4-8-25(32(23)36)27-18-40-29(34(43-27)46-2)16-38-14-21-9-10-30(44)41-21/h3-8,17-18,20-21,37-38H,9-16,19H2,1-2H3,(H,41,44)/t20-,21-/m0/s1. The number of carbonyl (C=O) groups excluding carboxylic acids is 1. The number of benzene rings is 2. The maximum Gasteiger partial charge on any atom is 0.237 e. The number of aromatic nitrogens is 4. The van der Waals surface area contributed by atoms with Gasteiger partial charge in [-0.15, -0.1) is 0 Å². The summed E-state index contributed by atoms with van der Waals surface area (Å²) >= 11 is 14.1. The molecule has 6 rings (SSSR count). The zero-order chi connectivity index (χ0) is 32.8. The lowest BCUT2D eigenvalue weighted by Crippen LogP contribution is -2.35. The molecule has 0 radical (unpaired) electrons. The largest absolute Gasteiger partial charge is 0.480 e. The Bertz CT molecular complexity index is 1740. The SMILES string of the molecule is COc1nc(-c2cccc(-c3cccc(-c4cnc(CNC[C@@H]5CCC(=O)N5)c(OC)n4)c3Cl)c2Cl)cnc1CNC[C@@H]1CCOC1. The molecule has 0 saturated carbocycles. The highest BCUT2D eigenvalue weighted by molar-refractivity contribution is 6.39. The van der Waals surface area contributed by atoms with E-state index >= 15 is 0 Å². The zero-order valence-electron chi connectivity index (χ0n) is 26.3. The van der Waals surface area contributed by atoms with Crippen LogP contribution in [0.5, 0.6) is 11.8 Å². The van der Waals surface area contributed by atoms with Crippen LogP contribution in [0.4, 0.5) is 0 Å². The second-order valence-electron chi connectivity index (χ2n) is 11.6. The molecule has 0 aliphatic carbocycles. The van der Waals surface area contributed by atoms with Crippen molar-refractivity contribution < 1.29 is 19.0 Å². The van der Waals surface area contributed by atoms with Crippen LogP contribution >= 0.6 is 23.2 Å². The van der Waals surface area contributed by atoms with E-state index in [0.717, 1.165) is 49.4 Å². The van der Waals surface area contributed by atoms with E-state index in [0.29, 0.717) is 82.0 Å². The number of hydrogen-bond donors (Lipinski definition) is 3. The summed E-state index contributed by atoms with van der Waals surface area (Å²) < 4.78 is 16.6. The average molecular weight is 679 g/mol. The van der Waals surface area contributed by atoms with Gasteiger partial charge in [-0.2, -0.15) is 0 Å². The van der Waals surface area contributed by atoms with E-state index in [1.807, 2.05) is 36.4 Å². The number of carbonyl (C=O) groups is 1. The van der Waals surface area contributed by atoms with Gasteiger partial charge in [0.05, 0.1) is 54.7 Å². The second-order valence-corrected chi connectivity index (χ2v) is 12.3. The number of nitrogens with zero attached hydrogens (tertiary/aromatic N) is 4. The molecule has 0 unspecified atom stereocenters. The molecule has 2 saturated heterocycles. The molecule has 2 fully saturated rings. The van der Waals surface area contributed by atoms with Crippen molar-refractivity contribution in [1.82, 2.24) is 35.9 Å². The molecule has 2 atom stereocenters. The van der Waals surface area contributed by atoms with E-state index in [1.165, 1.54) is 0 Å². The Morgan fingerprint density at radius 3 is 1.87 bits per heavy atom. The van der Waals surface area contributed by atoms with Crippen molar-refractivity contribution >= 4 is 29.1 Å². The summed E-state index contributed by atoms with van der Waals surface area (Å²) in [7, 11) is 3.15. The Kier molecular flexibility index (Phi) is 10.8. The first-order valence-corrected chi connectivity index (χ1v) is 16.4. The van der Waals surface area contributed by atoms with Crippen LogP contribution in [0.1, 0.15) is 30.7 Å². The minimum atomic E-state index is 0.0861. The van der Waals surface area contributed by atoms with E-state index in [-0.39, 0.29) is 11.9 Å². The van der Waals surface area contributed by atoms with E-state index in [4.69, 9.17) is 47.4 Å². The molecule has 2 aliphatic rings. The molecule has 4 aromatic rings. The molecule has 11 nitrogen and oxygen atoms in total. The highest BCUT2D eigenvalue weighted by Gasteiger charge is 2.22. The normalized spacial score (nSPS) is 17.6. The first kappa shape index (κ1) is 33.0. The third-order valence-corrected chi connectivity index (χ3v) is 9.18. The number of nitrogens with one attached hydrogen (secondary N) is 3. The van der Waals surface area contributed by atoms with E-state index in [2.05, 4.69) is 25.9 Å². The number of methoxy groups -OCH3 is 2. The van der Waals surface area contributed by atoms with Crippen molar-refractivity contribution in [2.75, 3.05) is 40.5 Å². The number of halogens is 2. The van der Waals surface area contributed by atoms with Crippen LogP contribution in [0.2, 0.25) is 10.0 Å². The van der Waals surface area contributed by atoms with E-state index in [1.54, 1.807) is 26.6 Å². The third-order valence-electron chi connectivity index (χ3n) is 8.37. The molecule has 3 N–H and O–H groups in total. The van der Waals surface area contributed by atoms with Crippen LogP contribution in [0.3, 0.4) is 0 Å². The van der Waals surface area contributed by atoms with Gasteiger partial charge in [0.25, 0.3) is 0 Å². The van der Waals surface area contributed by atoms with Crippen LogP contribution in [-0.2, 0) is 22.6 Å². The van der Waals surface area contributed by atoms with E-state index < -0.39 is 0 Å². The van der Waals surface area contributed by atoms with Gasteiger partial charge >= 0.3 is 0 Å². The van der Waals surface area contributed by atoms with Crippen LogP contribution in [0, 0.1) is 5.92 Å². The topological polar surface area (TPSA) is 132 Å². The summed E-state index contributed by atoms with van der Waals surface area (Å²) in [6.07, 6.45) is 5.83. The van der Waals surface area contributed by atoms with Gasteiger partial charge in [-0.25, -0.2) is 9.97 Å². The number of rotatable bonds is 13. The molecule has 47 heavy (non-hydrogen) atoms. The first-order chi connectivity index (χ1) is 22.9. The Morgan fingerprint density at radius 1 is 0.830 bits per heavy atom. The molecular weight excluding hydrogens is 641 g/mol. The first-order valence-electron chi connectivity index (χ1n) is 15.6. The van der Waals surface area contributed by atoms with Gasteiger partial charge < -0.3 is 30.2 Å². The minimum Gasteiger partial charge on any atom is -0.480 e. The summed E-state index contributed by atoms with van der Waals surface area (Å²) in [6.45, 7) is 4.07. The fraction of sp³-hybridized carbons (Fsp3) is 0.382. The van der Waals surface area contributed by atoms with Gasteiger partial charge in [0.1, 0.15) is 11.4 Å². The lowest BCUT2D eigenvalue weighted by molar-refractivity contribution is -0.119. The van der Waals surface area contributed by atoms with Crippen molar-refractivity contribution in [2.45, 2.75) is 38.4 Å². The predicted molar refractivity (Wildman–Crippen MR) is 181 cm³/mol. The molecule has 0 bridgehead atoms. The molecule has 2 aromatic carbocycles. The molecule has 246 valence electrons. The summed E-state index contributed by atoms with van der Waals surface area (Å²) in [5.41, 5.74) is 5.39. The summed E-state index contributed by atoms with van der Waals surface area (Å²) in [6, 6.07) is 11.5. The third kappa shape index (κ3) is 7.66. The van der Waals surface area contributed by atoms with Gasteiger partial charge in [0.15, 0.2) is 0 Å². The van der Waals surface area contributed by atoms with Crippen LogP contribution in [-0.4, -0.2) is 72.4 Å². The molecule has 0 spiro atoms. The van der Waals surface area contributed by atoms with Gasteiger partial charge in [-0.3, -0.25) is 14.8 Å². The van der Waals surface area contributed by atoms with Crippen LogP contribution < -0.4 is 25.4 Å². The van der Waals surface area contributed by atoms with Gasteiger partial charge in [0.2, 0.25) is 17.7 Å². The molecule has 1 amide bonds. The van der Waals surface area contributed by atoms with Gasteiger partial charge in [-0.1, -0.05) is 59.6 Å². The molecular formula is C34H37Cl2N7O4. The molecule has 2 aliphatic heterocycles. The molecule has 2 aromatic heterocycles. The number of amides is 1. The van der Waals surface area contributed by atoms with Crippen molar-refractivity contribution in [3.05, 3.63) is 70.2 Å². The predicted octanol–water partition coefficient (Wildman–Crippen LogP) is 5.09. The average Bonchev–Trinajstić information content (AvgIpc) is 3.77. The maximum absolute atomic E-state index is 11.5. The zero-order valence-corrected chi connectivity index (χ0v) is 27.8. The van der Waals surface area contributed by atoms with Crippen LogP contribution in [0.15, 0.2) is 48.8 Å². The molecule has 13 heteroatoms. The fourth-order valence-corrected chi connectivity index (χ4v) is 6.48. The van der Waals surface area contributed by atoms with Crippen molar-refractivity contribution in [2.24, 2.45) is 5.92 Å². The number of ether oxygens (including phenoxy) is 3. The van der Waals surface area contributed by atoms with E-state index in [9.17, 15) is 4.79 Å². The van der Waals surface area contributed by atoms with Crippen LogP contribution in [0.25, 0.3) is 33.6 Å². The van der Waals surface area contributed by atoms with Crippen molar-refractivity contribution in [1.29, 1.82) is 0 Å². The lowest BCUT2D eigenvalue weighted by Gasteiger charge is -2.15. The van der Waals surface area contributed by atoms with Gasteiger partial charge in [0, 0.05) is 67.5 Å². The summed E-state index contributed by atoms with van der Waals surface area (Å²) in [4.78, 5) is 30.2. The Hall–Kier alpha value is -3.87. The monoisotopic (exact) mass is 677 g/mol. The Morgan fingerprint density at radius 2 is 1.38 bits per heavy atom. The number of hydrogen-bond acceptors (Lipinski definition) is 10. The lowest BCUT2D eigenvalue weighted by atomic mass is 9.98. The maximum atomic E-state index is 11.5. The highest BCUT2D eigenvalue weighted by atomic mass is 35.5. The quantitative estimate of drug-likeness (QED) is 0.176. The Labute approximate surface area is 283 Å². The van der Waals surface area contributed by atoms with Gasteiger partial charge in [-0.05, 0) is 18.8 Å². The summed E-state index contributed by atoms with van der Waals surface area (Å²) in [5, 5.41) is 10.7. The van der Waals surface area contributed by atoms with Crippen molar-refractivity contribution in [3.8, 4) is 45.4 Å². The fourth-order valence-electron chi connectivity index (χ4n) is 5.83. The highest BCUT2D eigenvalue weighted by Crippen LogP contribution is 2.42. The molecule has 4 heterocycles. The van der Waals surface area contributed by atoms with Crippen molar-refractivity contribution in [3.63, 3.8) is 0 Å². The summed E-state index contributed by atoms with van der Waals surface area (Å²) in [5.74, 6) is 1.43. The second kappa shape index (κ2) is 15.4. The smallest absolute Gasteiger partial charge is 0.237 e. The minimum absolute atomic E-state index is 0.0861. The Balaban J connectivity index is 1.21.